The third-order valence-corrected chi connectivity index (χ3v) is 5.20. The highest BCUT2D eigenvalue weighted by Gasteiger charge is 2.35. The van der Waals surface area contributed by atoms with Crippen molar-refractivity contribution in [1.82, 2.24) is 13.5 Å². The first-order chi connectivity index (χ1) is 13.3. The summed E-state index contributed by atoms with van der Waals surface area (Å²) in [6.45, 7) is 0. The molecule has 0 aliphatic heterocycles. The number of halogens is 3. The fourth-order valence-electron chi connectivity index (χ4n) is 3.01. The summed E-state index contributed by atoms with van der Waals surface area (Å²) in [7, 11) is 0.987. The summed E-state index contributed by atoms with van der Waals surface area (Å²) < 4.78 is 45.5. The molecule has 0 spiro atoms. The van der Waals surface area contributed by atoms with Crippen molar-refractivity contribution in [2.75, 3.05) is 0 Å². The van der Waals surface area contributed by atoms with Crippen LogP contribution < -0.4 is 11.2 Å². The molecule has 4 aromatic rings. The number of aromatic nitrogens is 3. The number of rotatable bonds is 2. The summed E-state index contributed by atoms with van der Waals surface area (Å²) in [4.78, 5) is 24.8. The van der Waals surface area contributed by atoms with Crippen LogP contribution in [0, 0.1) is 0 Å². The zero-order valence-electron chi connectivity index (χ0n) is 14.4. The van der Waals surface area contributed by atoms with Crippen LogP contribution in [0.15, 0.2) is 64.2 Å². The van der Waals surface area contributed by atoms with E-state index in [4.69, 9.17) is 0 Å². The number of nitrogens with zero attached hydrogens (tertiary/aromatic N) is 3. The van der Waals surface area contributed by atoms with Crippen LogP contribution in [-0.2, 0) is 13.2 Å². The van der Waals surface area contributed by atoms with Crippen molar-refractivity contribution in [3.05, 3.63) is 81.1 Å². The first-order valence-electron chi connectivity index (χ1n) is 8.13. The molecule has 4 rings (SSSR count). The topological polar surface area (TPSA) is 56.9 Å². The van der Waals surface area contributed by atoms with Gasteiger partial charge in [-0.2, -0.15) is 17.5 Å². The molecule has 0 aliphatic rings. The van der Waals surface area contributed by atoms with E-state index in [2.05, 4.69) is 4.37 Å². The highest BCUT2D eigenvalue weighted by Crippen LogP contribution is 2.32. The van der Waals surface area contributed by atoms with E-state index in [9.17, 15) is 22.8 Å². The maximum Gasteiger partial charge on any atom is 0.431 e. The summed E-state index contributed by atoms with van der Waals surface area (Å²) in [5.41, 5.74) is -1.67. The van der Waals surface area contributed by atoms with E-state index in [-0.39, 0.29) is 5.69 Å². The SMILES string of the molecule is Cn1c(C(F)(F)F)cc(=O)n(-c2ccc3snc(-c4ccccc4)c3c2)c1=O. The molecule has 0 bridgehead atoms. The minimum atomic E-state index is -4.80. The van der Waals surface area contributed by atoms with Crippen LogP contribution in [0.5, 0.6) is 0 Å². The smallest absolute Gasteiger partial charge is 0.292 e. The van der Waals surface area contributed by atoms with Crippen molar-refractivity contribution in [1.29, 1.82) is 0 Å². The second kappa shape index (κ2) is 6.45. The van der Waals surface area contributed by atoms with Crippen LogP contribution in [0.2, 0.25) is 0 Å². The average Bonchev–Trinajstić information content (AvgIpc) is 3.08. The third kappa shape index (κ3) is 2.93. The van der Waals surface area contributed by atoms with Crippen molar-refractivity contribution in [3.63, 3.8) is 0 Å². The first kappa shape index (κ1) is 18.2. The lowest BCUT2D eigenvalue weighted by atomic mass is 10.1. The van der Waals surface area contributed by atoms with E-state index < -0.39 is 23.1 Å². The van der Waals surface area contributed by atoms with Crippen LogP contribution in [-0.4, -0.2) is 13.5 Å². The minimum absolute atomic E-state index is 0.184. The predicted molar refractivity (Wildman–Crippen MR) is 101 cm³/mol. The Kier molecular flexibility index (Phi) is 4.19. The summed E-state index contributed by atoms with van der Waals surface area (Å²) in [5, 5.41) is 0.711. The Morgan fingerprint density at radius 2 is 1.71 bits per heavy atom. The quantitative estimate of drug-likeness (QED) is 0.511. The van der Waals surface area contributed by atoms with Gasteiger partial charge in [-0.05, 0) is 29.7 Å². The molecule has 0 saturated carbocycles. The Hall–Kier alpha value is -3.20. The van der Waals surface area contributed by atoms with Crippen LogP contribution in [0.1, 0.15) is 5.69 Å². The number of fused-ring (bicyclic) bond motifs is 1. The standard InChI is InChI=1S/C19H12F3N3O2S/c1-24-15(19(20,21)22)10-16(26)25(18(24)27)12-7-8-14-13(9-12)17(23-28-14)11-5-3-2-4-6-11/h2-10H,1H3. The summed E-state index contributed by atoms with van der Waals surface area (Å²) in [6, 6.07) is 14.6. The van der Waals surface area contributed by atoms with Gasteiger partial charge in [0.15, 0.2) is 0 Å². The van der Waals surface area contributed by atoms with E-state index in [0.717, 1.165) is 21.9 Å². The van der Waals surface area contributed by atoms with Gasteiger partial charge < -0.3 is 0 Å². The lowest BCUT2D eigenvalue weighted by molar-refractivity contribution is -0.144. The molecule has 0 amide bonds. The second-order valence-electron chi connectivity index (χ2n) is 6.12. The van der Waals surface area contributed by atoms with Gasteiger partial charge >= 0.3 is 11.9 Å². The van der Waals surface area contributed by atoms with E-state index in [1.165, 1.54) is 17.6 Å². The highest BCUT2D eigenvalue weighted by molar-refractivity contribution is 7.13. The largest absolute Gasteiger partial charge is 0.431 e. The first-order valence-corrected chi connectivity index (χ1v) is 8.90. The normalized spacial score (nSPS) is 11.9. The molecule has 2 heterocycles. The van der Waals surface area contributed by atoms with E-state index >= 15 is 0 Å². The fraction of sp³-hybridized carbons (Fsp3) is 0.105. The summed E-state index contributed by atoms with van der Waals surface area (Å²) >= 11 is 1.26. The lowest BCUT2D eigenvalue weighted by Crippen LogP contribution is -2.40. The molecule has 0 N–H and O–H groups in total. The Bertz CT molecular complexity index is 1300. The Labute approximate surface area is 160 Å². The predicted octanol–water partition coefficient (Wildman–Crippen LogP) is 3.83. The van der Waals surface area contributed by atoms with Crippen LogP contribution in [0.25, 0.3) is 27.0 Å². The molecule has 9 heteroatoms. The molecule has 0 atom stereocenters. The molecule has 0 aliphatic carbocycles. The highest BCUT2D eigenvalue weighted by atomic mass is 32.1. The van der Waals surface area contributed by atoms with Crippen molar-refractivity contribution in [3.8, 4) is 16.9 Å². The van der Waals surface area contributed by atoms with Gasteiger partial charge in [0.05, 0.1) is 16.1 Å². The molecule has 0 unspecified atom stereocenters. The molecule has 142 valence electrons. The fourth-order valence-corrected chi connectivity index (χ4v) is 3.78. The molecule has 5 nitrogen and oxygen atoms in total. The van der Waals surface area contributed by atoms with Gasteiger partial charge in [-0.1, -0.05) is 30.3 Å². The van der Waals surface area contributed by atoms with Crippen molar-refractivity contribution >= 4 is 21.6 Å². The molecule has 28 heavy (non-hydrogen) atoms. The van der Waals surface area contributed by atoms with Crippen LogP contribution >= 0.6 is 11.5 Å². The monoisotopic (exact) mass is 403 g/mol. The maximum atomic E-state index is 13.0. The lowest BCUT2D eigenvalue weighted by Gasteiger charge is -2.14. The Morgan fingerprint density at radius 3 is 2.39 bits per heavy atom. The maximum absolute atomic E-state index is 13.0. The molecule has 0 radical (unpaired) electrons. The van der Waals surface area contributed by atoms with Gasteiger partial charge in [-0.25, -0.2) is 9.36 Å². The number of alkyl halides is 3. The van der Waals surface area contributed by atoms with Gasteiger partial charge in [0.25, 0.3) is 5.56 Å². The molecule has 0 fully saturated rings. The van der Waals surface area contributed by atoms with Gasteiger partial charge in [0, 0.05) is 24.1 Å². The number of benzene rings is 2. The molecular formula is C19H12F3N3O2S. The van der Waals surface area contributed by atoms with Crippen molar-refractivity contribution in [2.45, 2.75) is 6.18 Å². The third-order valence-electron chi connectivity index (χ3n) is 4.37. The Morgan fingerprint density at radius 1 is 1.00 bits per heavy atom. The summed E-state index contributed by atoms with van der Waals surface area (Å²) in [6.07, 6.45) is -4.80. The van der Waals surface area contributed by atoms with Crippen molar-refractivity contribution < 1.29 is 13.2 Å². The molecular weight excluding hydrogens is 391 g/mol. The number of hydrogen-bond acceptors (Lipinski definition) is 4. The van der Waals surface area contributed by atoms with E-state index in [1.54, 1.807) is 12.1 Å². The summed E-state index contributed by atoms with van der Waals surface area (Å²) in [5.74, 6) is 0. The average molecular weight is 403 g/mol. The van der Waals surface area contributed by atoms with Crippen LogP contribution in [0.4, 0.5) is 13.2 Å². The van der Waals surface area contributed by atoms with Gasteiger partial charge in [0.1, 0.15) is 5.69 Å². The van der Waals surface area contributed by atoms with Gasteiger partial charge in [-0.3, -0.25) is 9.36 Å². The van der Waals surface area contributed by atoms with Gasteiger partial charge in [-0.15, -0.1) is 0 Å². The van der Waals surface area contributed by atoms with Crippen LogP contribution in [0.3, 0.4) is 0 Å². The Balaban J connectivity index is 1.95. The molecule has 2 aromatic carbocycles. The molecule has 2 aromatic heterocycles. The zero-order valence-corrected chi connectivity index (χ0v) is 15.2. The molecule has 0 saturated heterocycles. The van der Waals surface area contributed by atoms with Gasteiger partial charge in [0.2, 0.25) is 0 Å². The van der Waals surface area contributed by atoms with E-state index in [1.807, 2.05) is 30.3 Å². The van der Waals surface area contributed by atoms with E-state index in [0.29, 0.717) is 21.7 Å². The van der Waals surface area contributed by atoms with Crippen molar-refractivity contribution in [2.24, 2.45) is 7.05 Å². The second-order valence-corrected chi connectivity index (χ2v) is 6.93. The zero-order chi connectivity index (χ0) is 20.1. The minimum Gasteiger partial charge on any atom is -0.292 e. The number of hydrogen-bond donors (Lipinski definition) is 0.